The third-order valence-electron chi connectivity index (χ3n) is 7.60. The quantitative estimate of drug-likeness (QED) is 0.326. The van der Waals surface area contributed by atoms with Crippen LogP contribution in [-0.2, 0) is 28.2 Å². The lowest BCUT2D eigenvalue weighted by Crippen LogP contribution is -2.53. The molecule has 0 spiro atoms. The fourth-order valence-corrected chi connectivity index (χ4v) is 5.27. The average molecular weight is 570 g/mol. The van der Waals surface area contributed by atoms with Gasteiger partial charge in [-0.3, -0.25) is 19.6 Å². The molecule has 220 valence electrons. The van der Waals surface area contributed by atoms with Crippen molar-refractivity contribution >= 4 is 5.97 Å². The Kier molecular flexibility index (Phi) is 9.51. The number of rotatable bonds is 9. The molecule has 41 heavy (non-hydrogen) atoms. The fraction of sp³-hybridized carbons (Fsp3) is 0.438. The van der Waals surface area contributed by atoms with Crippen molar-refractivity contribution in [1.82, 2.24) is 14.8 Å². The first kappa shape index (κ1) is 30.7. The highest BCUT2D eigenvalue weighted by molar-refractivity contribution is 5.70. The number of aromatic nitrogens is 1. The van der Waals surface area contributed by atoms with E-state index in [4.69, 9.17) is 4.74 Å². The van der Waals surface area contributed by atoms with Gasteiger partial charge in [0, 0.05) is 51.2 Å². The van der Waals surface area contributed by atoms with Gasteiger partial charge in [-0.2, -0.15) is 13.2 Å². The fourth-order valence-electron chi connectivity index (χ4n) is 5.27. The zero-order chi connectivity index (χ0) is 29.8. The molecular weight excluding hydrogens is 531 g/mol. The van der Waals surface area contributed by atoms with Crippen LogP contribution in [0.3, 0.4) is 0 Å². The van der Waals surface area contributed by atoms with E-state index in [1.165, 1.54) is 12.1 Å². The Balaban J connectivity index is 1.45. The Labute approximate surface area is 239 Å². The topological polar surface area (TPSA) is 65.9 Å². The Morgan fingerprint density at radius 2 is 1.71 bits per heavy atom. The zero-order valence-electron chi connectivity index (χ0n) is 24.0. The number of aliphatic hydroxyl groups is 1. The van der Waals surface area contributed by atoms with Gasteiger partial charge in [0.25, 0.3) is 0 Å². The number of alkyl halides is 3. The number of aryl methyl sites for hydroxylation is 1. The molecule has 0 radical (unpaired) electrons. The van der Waals surface area contributed by atoms with E-state index in [9.17, 15) is 23.1 Å². The van der Waals surface area contributed by atoms with Crippen LogP contribution in [-0.4, -0.2) is 63.8 Å². The second-order valence-electron chi connectivity index (χ2n) is 11.3. The maximum Gasteiger partial charge on any atom is 0.421 e. The van der Waals surface area contributed by atoms with E-state index >= 15 is 0 Å². The summed E-state index contributed by atoms with van der Waals surface area (Å²) >= 11 is 0. The van der Waals surface area contributed by atoms with Crippen molar-refractivity contribution in [3.63, 3.8) is 0 Å². The second kappa shape index (κ2) is 12.7. The summed E-state index contributed by atoms with van der Waals surface area (Å²) in [5.41, 5.74) is 1.87. The van der Waals surface area contributed by atoms with E-state index in [1.807, 2.05) is 45.0 Å². The van der Waals surface area contributed by atoms with Gasteiger partial charge in [0.1, 0.15) is 0 Å². The van der Waals surface area contributed by atoms with Crippen molar-refractivity contribution in [2.45, 2.75) is 71.1 Å². The van der Waals surface area contributed by atoms with Crippen LogP contribution >= 0.6 is 0 Å². The Morgan fingerprint density at radius 1 is 1.02 bits per heavy atom. The van der Waals surface area contributed by atoms with Crippen molar-refractivity contribution in [2.24, 2.45) is 0 Å². The van der Waals surface area contributed by atoms with Gasteiger partial charge in [-0.05, 0) is 73.2 Å². The molecular formula is C32H38F3N3O3. The monoisotopic (exact) mass is 569 g/mol. The highest BCUT2D eigenvalue weighted by Gasteiger charge is 2.51. The number of hydrogen-bond acceptors (Lipinski definition) is 6. The molecule has 4 rings (SSSR count). The first-order chi connectivity index (χ1) is 19.3. The summed E-state index contributed by atoms with van der Waals surface area (Å²) in [6.45, 7) is 10.3. The summed E-state index contributed by atoms with van der Waals surface area (Å²) in [5.74, 6) is -0.199. The molecule has 0 amide bonds. The van der Waals surface area contributed by atoms with Crippen LogP contribution in [0, 0.1) is 6.92 Å². The van der Waals surface area contributed by atoms with E-state index in [-0.39, 0.29) is 23.7 Å². The van der Waals surface area contributed by atoms with Crippen LogP contribution in [0.2, 0.25) is 0 Å². The van der Waals surface area contributed by atoms with Gasteiger partial charge in [0.15, 0.2) is 5.60 Å². The van der Waals surface area contributed by atoms with Gasteiger partial charge in [-0.25, -0.2) is 0 Å². The Hall–Kier alpha value is -3.27. The number of carbonyl (C=O) groups excluding carboxylic acids is 1. The molecule has 1 N–H and O–H groups in total. The van der Waals surface area contributed by atoms with Gasteiger partial charge >= 0.3 is 12.1 Å². The second-order valence-corrected chi connectivity index (χ2v) is 11.3. The Morgan fingerprint density at radius 3 is 2.32 bits per heavy atom. The molecule has 2 atom stereocenters. The lowest BCUT2D eigenvalue weighted by Gasteiger charge is -2.41. The molecule has 9 heteroatoms. The SMILES string of the molecule is Cc1cc(CN2CCN(Cc3ccncc3)[C@H](CC(=O)OC(C)C)C2)ccc1-c1ccc(C(C)(O)C(F)(F)F)cc1. The summed E-state index contributed by atoms with van der Waals surface area (Å²) < 4.78 is 45.1. The number of benzene rings is 2. The molecule has 1 aromatic heterocycles. The van der Waals surface area contributed by atoms with E-state index < -0.39 is 11.8 Å². The van der Waals surface area contributed by atoms with Crippen LogP contribution in [0.4, 0.5) is 13.2 Å². The summed E-state index contributed by atoms with van der Waals surface area (Å²) in [7, 11) is 0. The van der Waals surface area contributed by atoms with Gasteiger partial charge in [-0.15, -0.1) is 0 Å². The van der Waals surface area contributed by atoms with Gasteiger partial charge in [0.05, 0.1) is 12.5 Å². The predicted octanol–water partition coefficient (Wildman–Crippen LogP) is 5.85. The van der Waals surface area contributed by atoms with Crippen LogP contribution in [0.25, 0.3) is 11.1 Å². The van der Waals surface area contributed by atoms with E-state index in [2.05, 4.69) is 20.9 Å². The normalized spacial score (nSPS) is 18.3. The third kappa shape index (κ3) is 7.72. The first-order valence-electron chi connectivity index (χ1n) is 13.9. The Bertz CT molecular complexity index is 1310. The molecule has 2 aromatic carbocycles. The molecule has 3 aromatic rings. The standard InChI is InChI=1S/C32H38F3N3O3/c1-22(2)41-30(39)18-28-21-37(15-16-38(28)20-24-11-13-36-14-12-24)19-25-5-10-29(23(3)17-25)26-6-8-27(9-7-26)31(4,40)32(33,34)35/h5-14,17,22,28,40H,15-16,18-21H2,1-4H3/t28-,31?/m1/s1. The van der Waals surface area contributed by atoms with Crippen molar-refractivity contribution in [3.05, 3.63) is 89.2 Å². The van der Waals surface area contributed by atoms with Crippen molar-refractivity contribution in [2.75, 3.05) is 19.6 Å². The van der Waals surface area contributed by atoms with Crippen LogP contribution in [0.5, 0.6) is 0 Å². The van der Waals surface area contributed by atoms with Crippen molar-refractivity contribution in [1.29, 1.82) is 0 Å². The maximum atomic E-state index is 13.2. The molecule has 1 saturated heterocycles. The number of carbonyl (C=O) groups is 1. The summed E-state index contributed by atoms with van der Waals surface area (Å²) in [5, 5.41) is 9.97. The summed E-state index contributed by atoms with van der Waals surface area (Å²) in [6, 6.07) is 16.0. The number of nitrogens with zero attached hydrogens (tertiary/aromatic N) is 3. The minimum Gasteiger partial charge on any atom is -0.463 e. The molecule has 1 fully saturated rings. The molecule has 6 nitrogen and oxygen atoms in total. The van der Waals surface area contributed by atoms with Gasteiger partial charge < -0.3 is 9.84 Å². The number of ether oxygens (including phenoxy) is 1. The highest BCUT2D eigenvalue weighted by Crippen LogP contribution is 2.39. The van der Waals surface area contributed by atoms with Gasteiger partial charge in [0.2, 0.25) is 0 Å². The molecule has 0 saturated carbocycles. The number of halogens is 3. The highest BCUT2D eigenvalue weighted by atomic mass is 19.4. The van der Waals surface area contributed by atoms with E-state index in [0.29, 0.717) is 13.0 Å². The minimum atomic E-state index is -4.76. The van der Waals surface area contributed by atoms with E-state index in [0.717, 1.165) is 60.9 Å². The lowest BCUT2D eigenvalue weighted by molar-refractivity contribution is -0.258. The minimum absolute atomic E-state index is 0.0101. The maximum absolute atomic E-state index is 13.2. The van der Waals surface area contributed by atoms with Crippen LogP contribution in [0.15, 0.2) is 67.0 Å². The molecule has 0 bridgehead atoms. The smallest absolute Gasteiger partial charge is 0.421 e. The molecule has 0 aliphatic carbocycles. The molecule has 1 unspecified atom stereocenters. The number of esters is 1. The third-order valence-corrected chi connectivity index (χ3v) is 7.60. The van der Waals surface area contributed by atoms with Crippen LogP contribution < -0.4 is 0 Å². The molecule has 2 heterocycles. The predicted molar refractivity (Wildman–Crippen MR) is 152 cm³/mol. The van der Waals surface area contributed by atoms with Gasteiger partial charge in [-0.1, -0.05) is 42.5 Å². The largest absolute Gasteiger partial charge is 0.463 e. The summed E-state index contributed by atoms with van der Waals surface area (Å²) in [4.78, 5) is 21.4. The molecule has 1 aliphatic heterocycles. The average Bonchev–Trinajstić information content (AvgIpc) is 2.90. The number of piperazine rings is 1. The lowest BCUT2D eigenvalue weighted by atomic mass is 9.92. The van der Waals surface area contributed by atoms with Crippen molar-refractivity contribution in [3.8, 4) is 11.1 Å². The summed E-state index contributed by atoms with van der Waals surface area (Å²) in [6.07, 6.45) is -1.05. The first-order valence-corrected chi connectivity index (χ1v) is 13.9. The number of hydrogen-bond donors (Lipinski definition) is 1. The van der Waals surface area contributed by atoms with E-state index in [1.54, 1.807) is 24.5 Å². The number of pyridine rings is 1. The molecule has 1 aliphatic rings. The van der Waals surface area contributed by atoms with Crippen LogP contribution in [0.1, 0.15) is 49.4 Å². The zero-order valence-corrected chi connectivity index (χ0v) is 24.0. The van der Waals surface area contributed by atoms with Crippen molar-refractivity contribution < 1.29 is 27.8 Å².